The molecule has 0 spiro atoms. The molecule has 3 aromatic heterocycles. The number of rotatable bonds is 6. The summed E-state index contributed by atoms with van der Waals surface area (Å²) < 4.78 is 67.6. The van der Waals surface area contributed by atoms with Crippen LogP contribution in [0.15, 0.2) is 197 Å². The summed E-state index contributed by atoms with van der Waals surface area (Å²) in [6.45, 7) is 0. The van der Waals surface area contributed by atoms with Crippen LogP contribution >= 0.6 is 0 Å². The molecule has 0 N–H and O–H groups in total. The standard InChI is InChI=1S/C51H31N3O2/c1-4-13-32(14-5-1)37-27-38(33-15-6-2-7-16-33)29-39(28-37)51-53-49(35-23-25-42-41-19-10-11-21-44(41)55-46(42)30-35)52-50(54-51)36-24-26-43-47(31-36)56-45-22-12-20-40(48(43)45)34-17-8-3-9-18-34/h1-31H/i12D,20D,22D,24D,26D,31D. The summed E-state index contributed by atoms with van der Waals surface area (Å²) >= 11 is 0. The lowest BCUT2D eigenvalue weighted by molar-refractivity contribution is 0.668. The molecule has 0 radical (unpaired) electrons. The van der Waals surface area contributed by atoms with E-state index in [1.165, 1.54) is 0 Å². The molecule has 0 amide bonds. The fourth-order valence-electron chi connectivity index (χ4n) is 7.34. The highest BCUT2D eigenvalue weighted by Gasteiger charge is 2.19. The van der Waals surface area contributed by atoms with Gasteiger partial charge < -0.3 is 8.83 Å². The highest BCUT2D eigenvalue weighted by molar-refractivity contribution is 6.13. The fourth-order valence-corrected chi connectivity index (χ4v) is 7.34. The van der Waals surface area contributed by atoms with Crippen molar-refractivity contribution in [2.24, 2.45) is 0 Å². The van der Waals surface area contributed by atoms with Crippen LogP contribution in [-0.4, -0.2) is 15.0 Å². The third-order valence-corrected chi connectivity index (χ3v) is 10.0. The maximum atomic E-state index is 9.65. The molecule has 0 aliphatic heterocycles. The van der Waals surface area contributed by atoms with E-state index in [0.717, 1.165) is 38.6 Å². The van der Waals surface area contributed by atoms with Gasteiger partial charge in [-0.3, -0.25) is 0 Å². The van der Waals surface area contributed by atoms with E-state index in [1.807, 2.05) is 121 Å². The van der Waals surface area contributed by atoms with Gasteiger partial charge in [0, 0.05) is 38.2 Å². The van der Waals surface area contributed by atoms with Crippen molar-refractivity contribution in [3.05, 3.63) is 188 Å². The molecule has 0 saturated heterocycles. The Morgan fingerprint density at radius 2 is 0.929 bits per heavy atom. The van der Waals surface area contributed by atoms with Crippen molar-refractivity contribution in [3.8, 4) is 67.5 Å². The lowest BCUT2D eigenvalue weighted by Gasteiger charge is -2.12. The summed E-state index contributed by atoms with van der Waals surface area (Å²) in [5.41, 5.74) is 7.16. The average Bonchev–Trinajstić information content (AvgIpc) is 3.90. The number of hydrogen-bond donors (Lipinski definition) is 0. The number of fused-ring (bicyclic) bond motifs is 6. The van der Waals surface area contributed by atoms with Gasteiger partial charge >= 0.3 is 0 Å². The molecule has 5 nitrogen and oxygen atoms in total. The molecule has 0 bridgehead atoms. The molecule has 0 atom stereocenters. The van der Waals surface area contributed by atoms with Gasteiger partial charge in [-0.05, 0) is 87.9 Å². The van der Waals surface area contributed by atoms with Crippen molar-refractivity contribution in [2.45, 2.75) is 0 Å². The second-order valence-corrected chi connectivity index (χ2v) is 13.5. The quantitative estimate of drug-likeness (QED) is 0.171. The zero-order valence-electron chi connectivity index (χ0n) is 35.6. The largest absolute Gasteiger partial charge is 0.456 e. The van der Waals surface area contributed by atoms with Crippen LogP contribution in [0.4, 0.5) is 0 Å². The zero-order chi connectivity index (χ0) is 42.2. The molecule has 0 aliphatic rings. The maximum absolute atomic E-state index is 9.65. The van der Waals surface area contributed by atoms with Crippen molar-refractivity contribution in [2.75, 3.05) is 0 Å². The number of aromatic nitrogens is 3. The van der Waals surface area contributed by atoms with Crippen molar-refractivity contribution in [1.82, 2.24) is 15.0 Å². The number of benzene rings is 8. The lowest BCUT2D eigenvalue weighted by atomic mass is 9.96. The molecule has 262 valence electrons. The van der Waals surface area contributed by atoms with Gasteiger partial charge in [0.1, 0.15) is 22.3 Å². The second-order valence-electron chi connectivity index (χ2n) is 13.5. The molecule has 3 heterocycles. The van der Waals surface area contributed by atoms with Crippen LogP contribution in [0.5, 0.6) is 0 Å². The lowest BCUT2D eigenvalue weighted by Crippen LogP contribution is -2.00. The predicted octanol–water partition coefficient (Wildman–Crippen LogP) is 13.7. The molecular formula is C51H31N3O2. The third kappa shape index (κ3) is 5.53. The first-order valence-electron chi connectivity index (χ1n) is 21.2. The molecule has 0 saturated carbocycles. The first-order valence-corrected chi connectivity index (χ1v) is 18.2. The number of hydrogen-bond acceptors (Lipinski definition) is 5. The molecule has 11 aromatic rings. The van der Waals surface area contributed by atoms with Gasteiger partial charge in [0.2, 0.25) is 0 Å². The summed E-state index contributed by atoms with van der Waals surface area (Å²) in [6, 6.07) is 46.9. The summed E-state index contributed by atoms with van der Waals surface area (Å²) in [5.74, 6) is 0.507. The van der Waals surface area contributed by atoms with Crippen molar-refractivity contribution >= 4 is 43.9 Å². The van der Waals surface area contributed by atoms with Crippen LogP contribution in [0.1, 0.15) is 8.22 Å². The Bertz CT molecular complexity index is 3540. The van der Waals surface area contributed by atoms with Crippen molar-refractivity contribution < 1.29 is 17.1 Å². The first kappa shape index (κ1) is 26.2. The van der Waals surface area contributed by atoms with Crippen LogP contribution in [0.2, 0.25) is 0 Å². The van der Waals surface area contributed by atoms with Crippen LogP contribution in [0, 0.1) is 0 Å². The Balaban J connectivity index is 1.19. The highest BCUT2D eigenvalue weighted by Crippen LogP contribution is 2.39. The molecule has 56 heavy (non-hydrogen) atoms. The topological polar surface area (TPSA) is 65.0 Å². The highest BCUT2D eigenvalue weighted by atomic mass is 16.3. The minimum Gasteiger partial charge on any atom is -0.456 e. The van der Waals surface area contributed by atoms with Gasteiger partial charge in [0.05, 0.1) is 8.22 Å². The zero-order valence-corrected chi connectivity index (χ0v) is 29.6. The number of nitrogens with zero attached hydrogens (tertiary/aromatic N) is 3. The van der Waals surface area contributed by atoms with Gasteiger partial charge in [0.15, 0.2) is 17.5 Å². The molecule has 5 heteroatoms. The molecule has 0 fully saturated rings. The summed E-state index contributed by atoms with van der Waals surface area (Å²) in [5, 5.41) is 2.23. The van der Waals surface area contributed by atoms with E-state index in [9.17, 15) is 4.11 Å². The van der Waals surface area contributed by atoms with Crippen LogP contribution in [0.3, 0.4) is 0 Å². The smallest absolute Gasteiger partial charge is 0.164 e. The van der Waals surface area contributed by atoms with Gasteiger partial charge in [-0.1, -0.05) is 133 Å². The fraction of sp³-hybridized carbons (Fsp3) is 0. The maximum Gasteiger partial charge on any atom is 0.164 e. The Kier molecular flexibility index (Phi) is 6.10. The molecule has 8 aromatic carbocycles. The van der Waals surface area contributed by atoms with Crippen LogP contribution < -0.4 is 0 Å². The van der Waals surface area contributed by atoms with Crippen LogP contribution in [0.25, 0.3) is 111 Å². The molecule has 0 aliphatic carbocycles. The summed E-state index contributed by atoms with van der Waals surface area (Å²) in [7, 11) is 0. The normalized spacial score (nSPS) is 13.1. The van der Waals surface area contributed by atoms with Gasteiger partial charge in [0.25, 0.3) is 0 Å². The Morgan fingerprint density at radius 1 is 0.357 bits per heavy atom. The van der Waals surface area contributed by atoms with E-state index in [1.54, 1.807) is 24.3 Å². The summed E-state index contributed by atoms with van der Waals surface area (Å²) in [6.07, 6.45) is 0. The van der Waals surface area contributed by atoms with E-state index in [4.69, 9.17) is 27.9 Å². The Hall–Kier alpha value is -7.63. The minimum atomic E-state index is -0.347. The Labute approximate surface area is 330 Å². The van der Waals surface area contributed by atoms with Crippen molar-refractivity contribution in [3.63, 3.8) is 0 Å². The van der Waals surface area contributed by atoms with Gasteiger partial charge in [-0.25, -0.2) is 15.0 Å². The van der Waals surface area contributed by atoms with E-state index in [-0.39, 0.29) is 81.2 Å². The first-order chi connectivity index (χ1) is 30.2. The molecular weight excluding hydrogens is 687 g/mol. The third-order valence-electron chi connectivity index (χ3n) is 10.0. The SMILES string of the molecule is [2H]c1c([2H])c(-c2ccccc2)c2c(oc3c([2H])c(-c4nc(-c5cc(-c6ccccc6)cc(-c6ccccc6)c5)nc(-c5ccc6c(c5)oc5ccccc56)n4)c([2H])c([2H])c32)c1[2H]. The van der Waals surface area contributed by atoms with E-state index in [0.29, 0.717) is 27.8 Å². The van der Waals surface area contributed by atoms with E-state index < -0.39 is 0 Å². The second kappa shape index (κ2) is 13.0. The Morgan fingerprint density at radius 3 is 1.64 bits per heavy atom. The van der Waals surface area contributed by atoms with E-state index in [2.05, 4.69) is 6.07 Å². The average molecular weight is 724 g/mol. The predicted molar refractivity (Wildman–Crippen MR) is 227 cm³/mol. The van der Waals surface area contributed by atoms with E-state index >= 15 is 0 Å². The molecule has 11 rings (SSSR count). The summed E-state index contributed by atoms with van der Waals surface area (Å²) in [4.78, 5) is 15.0. The van der Waals surface area contributed by atoms with Gasteiger partial charge in [-0.15, -0.1) is 0 Å². The number of para-hydroxylation sites is 1. The monoisotopic (exact) mass is 723 g/mol. The van der Waals surface area contributed by atoms with Gasteiger partial charge in [-0.2, -0.15) is 0 Å². The minimum absolute atomic E-state index is 0.0244. The molecule has 0 unspecified atom stereocenters. The number of furan rings is 2. The van der Waals surface area contributed by atoms with Crippen LogP contribution in [-0.2, 0) is 0 Å². The van der Waals surface area contributed by atoms with Crippen molar-refractivity contribution in [1.29, 1.82) is 0 Å².